The normalized spacial score (nSPS) is 18.6. The Labute approximate surface area is 110 Å². The van der Waals surface area contributed by atoms with Gasteiger partial charge in [0, 0.05) is 18.7 Å². The van der Waals surface area contributed by atoms with Crippen molar-refractivity contribution < 1.29 is 5.11 Å². The van der Waals surface area contributed by atoms with Crippen LogP contribution >= 0.6 is 0 Å². The lowest BCUT2D eigenvalue weighted by Crippen LogP contribution is -2.39. The van der Waals surface area contributed by atoms with Crippen molar-refractivity contribution >= 4 is 0 Å². The number of hydrogen-bond donors (Lipinski definition) is 2. The molecule has 1 aliphatic carbocycles. The molecule has 2 nitrogen and oxygen atoms in total. The summed E-state index contributed by atoms with van der Waals surface area (Å²) < 4.78 is 0. The summed E-state index contributed by atoms with van der Waals surface area (Å²) in [5.41, 5.74) is 1.43. The second-order valence-corrected chi connectivity index (χ2v) is 5.57. The number of benzene rings is 1. The molecule has 0 radical (unpaired) electrons. The Morgan fingerprint density at radius 1 is 1.28 bits per heavy atom. The van der Waals surface area contributed by atoms with Crippen LogP contribution in [0.15, 0.2) is 30.3 Å². The topological polar surface area (TPSA) is 32.3 Å². The van der Waals surface area contributed by atoms with Crippen molar-refractivity contribution in [3.63, 3.8) is 0 Å². The van der Waals surface area contributed by atoms with E-state index in [0.717, 1.165) is 25.2 Å². The zero-order chi connectivity index (χ0) is 12.8. The largest absolute Gasteiger partial charge is 0.396 e. The van der Waals surface area contributed by atoms with Crippen molar-refractivity contribution in [2.45, 2.75) is 51.1 Å². The Morgan fingerprint density at radius 2 is 2.00 bits per heavy atom. The summed E-state index contributed by atoms with van der Waals surface area (Å²) in [6, 6.07) is 11.9. The maximum absolute atomic E-state index is 8.88. The molecule has 18 heavy (non-hydrogen) atoms. The summed E-state index contributed by atoms with van der Waals surface area (Å²) in [6.45, 7) is 2.54. The molecule has 0 aromatic heterocycles. The molecule has 1 aromatic rings. The minimum atomic E-state index is 0.304. The highest BCUT2D eigenvalue weighted by molar-refractivity contribution is 5.16. The number of hydrogen-bond acceptors (Lipinski definition) is 2. The third-order valence-corrected chi connectivity index (χ3v) is 3.78. The van der Waals surface area contributed by atoms with Gasteiger partial charge in [-0.1, -0.05) is 30.3 Å². The summed E-state index contributed by atoms with van der Waals surface area (Å²) in [7, 11) is 0. The van der Waals surface area contributed by atoms with Crippen LogP contribution in [0, 0.1) is 5.92 Å². The smallest absolute Gasteiger partial charge is 0.0431 e. The fourth-order valence-corrected chi connectivity index (χ4v) is 2.57. The van der Waals surface area contributed by atoms with Crippen LogP contribution in [0.3, 0.4) is 0 Å². The van der Waals surface area contributed by atoms with Crippen molar-refractivity contribution in [3.8, 4) is 0 Å². The highest BCUT2D eigenvalue weighted by Crippen LogP contribution is 2.34. The van der Waals surface area contributed by atoms with Crippen LogP contribution in [0.1, 0.15) is 38.2 Å². The first-order valence-electron chi connectivity index (χ1n) is 7.20. The fraction of sp³-hybridized carbons (Fsp3) is 0.625. The predicted molar refractivity (Wildman–Crippen MR) is 75.6 cm³/mol. The van der Waals surface area contributed by atoms with Gasteiger partial charge >= 0.3 is 0 Å². The Balaban J connectivity index is 1.84. The van der Waals surface area contributed by atoms with E-state index in [1.807, 2.05) is 0 Å². The summed E-state index contributed by atoms with van der Waals surface area (Å²) in [4.78, 5) is 0. The molecule has 2 N–H and O–H groups in total. The monoisotopic (exact) mass is 247 g/mol. The van der Waals surface area contributed by atoms with Crippen LogP contribution in [0.2, 0.25) is 0 Å². The van der Waals surface area contributed by atoms with Gasteiger partial charge in [0.05, 0.1) is 0 Å². The van der Waals surface area contributed by atoms with Gasteiger partial charge in [-0.3, -0.25) is 0 Å². The molecular weight excluding hydrogens is 222 g/mol. The molecule has 100 valence electrons. The van der Waals surface area contributed by atoms with Gasteiger partial charge in [-0.2, -0.15) is 0 Å². The van der Waals surface area contributed by atoms with Crippen LogP contribution < -0.4 is 5.32 Å². The van der Waals surface area contributed by atoms with Gasteiger partial charge in [-0.25, -0.2) is 0 Å². The summed E-state index contributed by atoms with van der Waals surface area (Å²) in [6.07, 6.45) is 5.84. The SMILES string of the molecule is CC(CCCO)NC(Cc1ccccc1)C1CC1. The molecule has 0 saturated heterocycles. The number of rotatable bonds is 8. The highest BCUT2D eigenvalue weighted by Gasteiger charge is 2.31. The van der Waals surface area contributed by atoms with Crippen molar-refractivity contribution in [2.24, 2.45) is 5.92 Å². The zero-order valence-electron chi connectivity index (χ0n) is 11.3. The molecule has 1 aromatic carbocycles. The van der Waals surface area contributed by atoms with Gasteiger partial charge in [0.25, 0.3) is 0 Å². The molecule has 2 rings (SSSR count). The van der Waals surface area contributed by atoms with E-state index in [1.54, 1.807) is 0 Å². The molecule has 2 unspecified atom stereocenters. The highest BCUT2D eigenvalue weighted by atomic mass is 16.2. The molecule has 0 bridgehead atoms. The Hall–Kier alpha value is -0.860. The second kappa shape index (κ2) is 6.91. The predicted octanol–water partition coefficient (Wildman–Crippen LogP) is 2.76. The van der Waals surface area contributed by atoms with Gasteiger partial charge in [0.1, 0.15) is 0 Å². The van der Waals surface area contributed by atoms with E-state index >= 15 is 0 Å². The molecule has 0 spiro atoms. The Kier molecular flexibility index (Phi) is 5.21. The maximum atomic E-state index is 8.88. The van der Waals surface area contributed by atoms with E-state index in [1.165, 1.54) is 18.4 Å². The van der Waals surface area contributed by atoms with Gasteiger partial charge in [0.15, 0.2) is 0 Å². The minimum Gasteiger partial charge on any atom is -0.396 e. The van der Waals surface area contributed by atoms with E-state index in [0.29, 0.717) is 18.7 Å². The van der Waals surface area contributed by atoms with Crippen LogP contribution in [-0.2, 0) is 6.42 Å². The first-order chi connectivity index (χ1) is 8.79. The number of nitrogens with one attached hydrogen (secondary N) is 1. The summed E-state index contributed by atoms with van der Waals surface area (Å²) in [5, 5.41) is 12.6. The zero-order valence-corrected chi connectivity index (χ0v) is 11.3. The minimum absolute atomic E-state index is 0.304. The van der Waals surface area contributed by atoms with Gasteiger partial charge < -0.3 is 10.4 Å². The van der Waals surface area contributed by atoms with E-state index < -0.39 is 0 Å². The van der Waals surface area contributed by atoms with E-state index in [4.69, 9.17) is 5.11 Å². The average Bonchev–Trinajstić information content (AvgIpc) is 3.21. The number of aliphatic hydroxyl groups excluding tert-OH is 1. The fourth-order valence-electron chi connectivity index (χ4n) is 2.57. The molecule has 0 heterocycles. The average molecular weight is 247 g/mol. The van der Waals surface area contributed by atoms with Crippen molar-refractivity contribution in [1.82, 2.24) is 5.32 Å². The molecular formula is C16H25NO. The Morgan fingerprint density at radius 3 is 2.61 bits per heavy atom. The molecule has 2 atom stereocenters. The summed E-state index contributed by atoms with van der Waals surface area (Å²) in [5.74, 6) is 0.863. The number of aliphatic hydroxyl groups is 1. The lowest BCUT2D eigenvalue weighted by atomic mass is 10.0. The molecule has 1 fully saturated rings. The van der Waals surface area contributed by atoms with Crippen LogP contribution in [-0.4, -0.2) is 23.8 Å². The molecule has 0 amide bonds. The third-order valence-electron chi connectivity index (χ3n) is 3.78. The summed E-state index contributed by atoms with van der Waals surface area (Å²) >= 11 is 0. The van der Waals surface area contributed by atoms with Gasteiger partial charge in [-0.15, -0.1) is 0 Å². The van der Waals surface area contributed by atoms with Crippen LogP contribution in [0.25, 0.3) is 0 Å². The van der Waals surface area contributed by atoms with Crippen molar-refractivity contribution in [2.75, 3.05) is 6.61 Å². The molecule has 1 saturated carbocycles. The third kappa shape index (κ3) is 4.43. The lowest BCUT2D eigenvalue weighted by Gasteiger charge is -2.23. The standard InChI is InChI=1S/C16H25NO/c1-13(6-5-11-18)17-16(15-9-10-15)12-14-7-3-2-4-8-14/h2-4,7-8,13,15-18H,5-6,9-12H2,1H3. The van der Waals surface area contributed by atoms with E-state index in [2.05, 4.69) is 42.6 Å². The maximum Gasteiger partial charge on any atom is 0.0431 e. The van der Waals surface area contributed by atoms with Crippen molar-refractivity contribution in [1.29, 1.82) is 0 Å². The first kappa shape index (κ1) is 13.6. The van der Waals surface area contributed by atoms with E-state index in [-0.39, 0.29) is 0 Å². The first-order valence-corrected chi connectivity index (χ1v) is 7.20. The lowest BCUT2D eigenvalue weighted by molar-refractivity contribution is 0.271. The quantitative estimate of drug-likeness (QED) is 0.740. The molecule has 2 heteroatoms. The van der Waals surface area contributed by atoms with Crippen molar-refractivity contribution in [3.05, 3.63) is 35.9 Å². The van der Waals surface area contributed by atoms with Gasteiger partial charge in [0.2, 0.25) is 0 Å². The van der Waals surface area contributed by atoms with Crippen LogP contribution in [0.5, 0.6) is 0 Å². The Bertz CT molecular complexity index is 334. The van der Waals surface area contributed by atoms with Crippen LogP contribution in [0.4, 0.5) is 0 Å². The molecule has 0 aliphatic heterocycles. The molecule has 1 aliphatic rings. The van der Waals surface area contributed by atoms with Gasteiger partial charge in [-0.05, 0) is 50.5 Å². The van der Waals surface area contributed by atoms with E-state index in [9.17, 15) is 0 Å². The second-order valence-electron chi connectivity index (χ2n) is 5.57.